The van der Waals surface area contributed by atoms with Gasteiger partial charge in [-0.15, -0.1) is 5.10 Å². The molecule has 0 unspecified atom stereocenters. The van der Waals surface area contributed by atoms with Gasteiger partial charge in [-0.1, -0.05) is 18.2 Å². The topological polar surface area (TPSA) is 94.6 Å². The van der Waals surface area contributed by atoms with Gasteiger partial charge in [0, 0.05) is 11.8 Å². The molecule has 0 radical (unpaired) electrons. The van der Waals surface area contributed by atoms with Gasteiger partial charge in [0.25, 0.3) is 0 Å². The van der Waals surface area contributed by atoms with Crippen LogP contribution in [0.15, 0.2) is 51.3 Å². The van der Waals surface area contributed by atoms with Crippen LogP contribution in [0.5, 0.6) is 0 Å². The van der Waals surface area contributed by atoms with Crippen molar-refractivity contribution < 1.29 is 0 Å². The molecule has 6 nitrogen and oxygen atoms in total. The lowest BCUT2D eigenvalue weighted by Crippen LogP contribution is -2.21. The smallest absolute Gasteiger partial charge is 0.211 e. The second kappa shape index (κ2) is 5.46. The summed E-state index contributed by atoms with van der Waals surface area (Å²) >= 11 is 3.35. The first-order valence-electron chi connectivity index (χ1n) is 5.08. The maximum atomic E-state index is 5.20. The number of benzene rings is 1. The summed E-state index contributed by atoms with van der Waals surface area (Å²) in [7, 11) is 0. The van der Waals surface area contributed by atoms with Gasteiger partial charge in [-0.2, -0.15) is 10.2 Å². The van der Waals surface area contributed by atoms with Crippen LogP contribution in [0.1, 0.15) is 5.56 Å². The molecular weight excluding hydrogens is 296 g/mol. The predicted octanol–water partition coefficient (Wildman–Crippen LogP) is 1.24. The normalized spacial score (nSPS) is 10.7. The van der Waals surface area contributed by atoms with Crippen molar-refractivity contribution in [3.63, 3.8) is 0 Å². The number of hydrogen-bond acceptors (Lipinski definition) is 3. The van der Waals surface area contributed by atoms with E-state index in [1.54, 1.807) is 17.1 Å². The van der Waals surface area contributed by atoms with Gasteiger partial charge in [-0.3, -0.25) is 0 Å². The van der Waals surface area contributed by atoms with Gasteiger partial charge in [0.1, 0.15) is 0 Å². The quantitative estimate of drug-likeness (QED) is 0.507. The van der Waals surface area contributed by atoms with Gasteiger partial charge in [0.15, 0.2) is 0 Å². The molecule has 0 saturated carbocycles. The summed E-state index contributed by atoms with van der Waals surface area (Å²) in [6, 6.07) is 7.65. The van der Waals surface area contributed by atoms with E-state index in [1.165, 1.54) is 0 Å². The summed E-state index contributed by atoms with van der Waals surface area (Å²) in [5, 5.41) is 11.6. The number of guanidine groups is 1. The van der Waals surface area contributed by atoms with Crippen LogP contribution < -0.4 is 11.5 Å². The van der Waals surface area contributed by atoms with E-state index >= 15 is 0 Å². The molecule has 0 aliphatic heterocycles. The molecule has 2 aromatic rings. The average Bonchev–Trinajstić information content (AvgIpc) is 2.76. The first-order valence-corrected chi connectivity index (χ1v) is 5.87. The molecule has 0 amide bonds. The van der Waals surface area contributed by atoms with Crippen molar-refractivity contribution in [1.82, 2.24) is 9.78 Å². The SMILES string of the molecule is NC(N)=NN=Cc1ccccc1-n1cc(Br)cn1. The molecule has 1 heterocycles. The monoisotopic (exact) mass is 306 g/mol. The zero-order chi connectivity index (χ0) is 13.0. The Bertz CT molecular complexity index is 597. The van der Waals surface area contributed by atoms with Gasteiger partial charge >= 0.3 is 0 Å². The van der Waals surface area contributed by atoms with Crippen molar-refractivity contribution in [2.45, 2.75) is 0 Å². The maximum Gasteiger partial charge on any atom is 0.211 e. The van der Waals surface area contributed by atoms with E-state index in [-0.39, 0.29) is 5.96 Å². The third-order valence-corrected chi connectivity index (χ3v) is 2.51. The number of rotatable bonds is 3. The van der Waals surface area contributed by atoms with Crippen molar-refractivity contribution in [2.24, 2.45) is 21.7 Å². The lowest BCUT2D eigenvalue weighted by molar-refractivity contribution is 0.879. The van der Waals surface area contributed by atoms with Crippen LogP contribution in [0.2, 0.25) is 0 Å². The Morgan fingerprint density at radius 1 is 1.33 bits per heavy atom. The Hall–Kier alpha value is -2.15. The minimum absolute atomic E-state index is 0.0782. The Morgan fingerprint density at radius 3 is 2.78 bits per heavy atom. The predicted molar refractivity (Wildman–Crippen MR) is 74.7 cm³/mol. The molecule has 0 aliphatic rings. The fourth-order valence-corrected chi connectivity index (χ4v) is 1.68. The first-order chi connectivity index (χ1) is 8.66. The highest BCUT2D eigenvalue weighted by Gasteiger charge is 2.03. The fourth-order valence-electron chi connectivity index (χ4n) is 1.40. The van der Waals surface area contributed by atoms with Gasteiger partial charge < -0.3 is 11.5 Å². The van der Waals surface area contributed by atoms with Crippen LogP contribution in [0, 0.1) is 0 Å². The molecule has 0 saturated heterocycles. The highest BCUT2D eigenvalue weighted by atomic mass is 79.9. The molecule has 1 aromatic heterocycles. The van der Waals surface area contributed by atoms with Crippen molar-refractivity contribution >= 4 is 28.1 Å². The minimum Gasteiger partial charge on any atom is -0.369 e. The van der Waals surface area contributed by atoms with Crippen LogP contribution in [0.4, 0.5) is 0 Å². The number of aromatic nitrogens is 2. The molecule has 18 heavy (non-hydrogen) atoms. The van der Waals surface area contributed by atoms with Crippen LogP contribution in [0.25, 0.3) is 5.69 Å². The van der Waals surface area contributed by atoms with Crippen LogP contribution in [-0.2, 0) is 0 Å². The third kappa shape index (κ3) is 2.95. The van der Waals surface area contributed by atoms with E-state index in [0.29, 0.717) is 0 Å². The third-order valence-electron chi connectivity index (χ3n) is 2.10. The molecule has 1 aromatic carbocycles. The summed E-state index contributed by atoms with van der Waals surface area (Å²) in [6.07, 6.45) is 5.14. The minimum atomic E-state index is -0.0782. The van der Waals surface area contributed by atoms with E-state index < -0.39 is 0 Å². The number of halogens is 1. The summed E-state index contributed by atoms with van der Waals surface area (Å²) in [5.74, 6) is -0.0782. The second-order valence-corrected chi connectivity index (χ2v) is 4.35. The van der Waals surface area contributed by atoms with Crippen molar-refractivity contribution in [2.75, 3.05) is 0 Å². The molecule has 92 valence electrons. The van der Waals surface area contributed by atoms with E-state index in [4.69, 9.17) is 11.5 Å². The molecule has 0 bridgehead atoms. The Morgan fingerprint density at radius 2 is 2.11 bits per heavy atom. The number of nitrogens with zero attached hydrogens (tertiary/aromatic N) is 4. The maximum absolute atomic E-state index is 5.20. The Labute approximate surface area is 112 Å². The Balaban J connectivity index is 2.37. The van der Waals surface area contributed by atoms with E-state index in [1.807, 2.05) is 30.5 Å². The number of para-hydroxylation sites is 1. The molecule has 0 atom stereocenters. The highest BCUT2D eigenvalue weighted by molar-refractivity contribution is 9.10. The summed E-state index contributed by atoms with van der Waals surface area (Å²) in [5.41, 5.74) is 12.1. The highest BCUT2D eigenvalue weighted by Crippen LogP contribution is 2.15. The average molecular weight is 307 g/mol. The lowest BCUT2D eigenvalue weighted by atomic mass is 10.2. The van der Waals surface area contributed by atoms with E-state index in [0.717, 1.165) is 15.7 Å². The zero-order valence-electron chi connectivity index (χ0n) is 9.36. The summed E-state index contributed by atoms with van der Waals surface area (Å²) in [4.78, 5) is 0. The van der Waals surface area contributed by atoms with Crippen LogP contribution in [0.3, 0.4) is 0 Å². The molecule has 2 rings (SSSR count). The van der Waals surface area contributed by atoms with Crippen molar-refractivity contribution in [3.05, 3.63) is 46.7 Å². The Kier molecular flexibility index (Phi) is 3.73. The van der Waals surface area contributed by atoms with E-state index in [2.05, 4.69) is 31.2 Å². The van der Waals surface area contributed by atoms with Crippen molar-refractivity contribution in [1.29, 1.82) is 0 Å². The van der Waals surface area contributed by atoms with Gasteiger partial charge in [-0.25, -0.2) is 4.68 Å². The molecule has 0 fully saturated rings. The molecule has 7 heteroatoms. The fraction of sp³-hybridized carbons (Fsp3) is 0. The molecular formula is C11H11BrN6. The van der Waals surface area contributed by atoms with Gasteiger partial charge in [0.05, 0.1) is 22.6 Å². The largest absolute Gasteiger partial charge is 0.369 e. The molecule has 4 N–H and O–H groups in total. The van der Waals surface area contributed by atoms with Crippen LogP contribution in [-0.4, -0.2) is 22.0 Å². The zero-order valence-corrected chi connectivity index (χ0v) is 10.9. The van der Waals surface area contributed by atoms with E-state index in [9.17, 15) is 0 Å². The second-order valence-electron chi connectivity index (χ2n) is 3.43. The van der Waals surface area contributed by atoms with Gasteiger partial charge in [-0.05, 0) is 22.0 Å². The standard InChI is InChI=1S/C11H11BrN6/c12-9-6-16-18(7-9)10-4-2-1-3-8(10)5-15-17-11(13)14/h1-7H,(H4,13,14,17). The first kappa shape index (κ1) is 12.3. The van der Waals surface area contributed by atoms with Gasteiger partial charge in [0.2, 0.25) is 5.96 Å². The number of hydrogen-bond donors (Lipinski definition) is 2. The number of nitrogens with two attached hydrogens (primary N) is 2. The molecule has 0 spiro atoms. The summed E-state index contributed by atoms with van der Waals surface area (Å²) in [6.45, 7) is 0. The van der Waals surface area contributed by atoms with Crippen molar-refractivity contribution in [3.8, 4) is 5.69 Å². The lowest BCUT2D eigenvalue weighted by Gasteiger charge is -2.04. The van der Waals surface area contributed by atoms with Crippen LogP contribution >= 0.6 is 15.9 Å². The summed E-state index contributed by atoms with van der Waals surface area (Å²) < 4.78 is 2.64. The molecule has 0 aliphatic carbocycles.